The number of nitro benzene ring substituents is 1. The van der Waals surface area contributed by atoms with Crippen LogP contribution in [0.1, 0.15) is 16.8 Å². The van der Waals surface area contributed by atoms with E-state index in [0.29, 0.717) is 0 Å². The highest BCUT2D eigenvalue weighted by molar-refractivity contribution is 6.35. The Hall–Kier alpha value is -2.68. The fourth-order valence-electron chi connectivity index (χ4n) is 1.47. The zero-order valence-corrected chi connectivity index (χ0v) is 11.2. The standard InChI is InChI=1S/C11H10ClN3O6/c12-9-5(2-1-3-7(9)15(20)21)10(17)14-6(11(18)19)4-8(13)16/h1-3,6H,4H2,(H2,13,16)(H,14,17)(H,18,19)/t6-/m0/s1. The molecular weight excluding hydrogens is 306 g/mol. The molecule has 10 heteroatoms. The number of rotatable bonds is 6. The molecule has 2 amide bonds. The fourth-order valence-corrected chi connectivity index (χ4v) is 1.75. The minimum Gasteiger partial charge on any atom is -0.480 e. The van der Waals surface area contributed by atoms with E-state index in [9.17, 15) is 24.5 Å². The molecule has 1 atom stereocenters. The second-order valence-corrected chi connectivity index (χ2v) is 4.31. The predicted octanol–water partition coefficient (Wildman–Crippen LogP) is 0.307. The number of primary amides is 1. The summed E-state index contributed by atoms with van der Waals surface area (Å²) >= 11 is 5.73. The van der Waals surface area contributed by atoms with E-state index >= 15 is 0 Å². The summed E-state index contributed by atoms with van der Waals surface area (Å²) in [6.07, 6.45) is -0.617. The summed E-state index contributed by atoms with van der Waals surface area (Å²) in [5.74, 6) is -3.35. The van der Waals surface area contributed by atoms with Crippen LogP contribution >= 0.6 is 11.6 Å². The highest BCUT2D eigenvalue weighted by Crippen LogP contribution is 2.27. The van der Waals surface area contributed by atoms with E-state index < -0.39 is 45.9 Å². The highest BCUT2D eigenvalue weighted by atomic mass is 35.5. The summed E-state index contributed by atoms with van der Waals surface area (Å²) in [4.78, 5) is 43.5. The SMILES string of the molecule is NC(=O)C[C@H](NC(=O)c1cccc([N+](=O)[O-])c1Cl)C(=O)O. The maximum absolute atomic E-state index is 11.9. The van der Waals surface area contributed by atoms with Crippen molar-refractivity contribution in [1.29, 1.82) is 0 Å². The second-order valence-electron chi connectivity index (χ2n) is 3.93. The van der Waals surface area contributed by atoms with Crippen LogP contribution in [-0.2, 0) is 9.59 Å². The second kappa shape index (κ2) is 6.66. The number of nitrogens with zero attached hydrogens (tertiary/aromatic N) is 1. The van der Waals surface area contributed by atoms with Crippen LogP contribution in [0.2, 0.25) is 5.02 Å². The van der Waals surface area contributed by atoms with Gasteiger partial charge in [0.25, 0.3) is 11.6 Å². The van der Waals surface area contributed by atoms with Crippen molar-refractivity contribution in [2.45, 2.75) is 12.5 Å². The normalized spacial score (nSPS) is 11.5. The molecule has 0 bridgehead atoms. The number of halogens is 1. The van der Waals surface area contributed by atoms with Gasteiger partial charge in [0.15, 0.2) is 0 Å². The number of carbonyl (C=O) groups is 3. The number of hydrogen-bond donors (Lipinski definition) is 3. The number of nitrogens with one attached hydrogen (secondary N) is 1. The lowest BCUT2D eigenvalue weighted by Crippen LogP contribution is -2.43. The number of carboxylic acid groups (broad SMARTS) is 1. The Balaban J connectivity index is 3.03. The van der Waals surface area contributed by atoms with E-state index in [0.717, 1.165) is 6.07 Å². The molecule has 0 radical (unpaired) electrons. The van der Waals surface area contributed by atoms with Gasteiger partial charge in [-0.25, -0.2) is 4.79 Å². The number of benzene rings is 1. The third kappa shape index (κ3) is 4.14. The zero-order valence-electron chi connectivity index (χ0n) is 10.4. The van der Waals surface area contributed by atoms with E-state index in [2.05, 4.69) is 0 Å². The van der Waals surface area contributed by atoms with Crippen LogP contribution in [-0.4, -0.2) is 33.9 Å². The van der Waals surface area contributed by atoms with E-state index in [1.807, 2.05) is 5.32 Å². The van der Waals surface area contributed by atoms with Crippen molar-refractivity contribution in [2.75, 3.05) is 0 Å². The van der Waals surface area contributed by atoms with Crippen molar-refractivity contribution in [3.8, 4) is 0 Å². The minimum absolute atomic E-state index is 0.276. The van der Waals surface area contributed by atoms with Gasteiger partial charge in [-0.1, -0.05) is 17.7 Å². The third-order valence-electron chi connectivity index (χ3n) is 2.43. The molecule has 1 rings (SSSR count). The molecule has 0 spiro atoms. The van der Waals surface area contributed by atoms with Crippen LogP contribution in [0, 0.1) is 10.1 Å². The molecule has 0 unspecified atom stereocenters. The van der Waals surface area contributed by atoms with Crippen molar-refractivity contribution in [3.63, 3.8) is 0 Å². The molecule has 9 nitrogen and oxygen atoms in total. The maximum atomic E-state index is 11.9. The molecule has 21 heavy (non-hydrogen) atoms. The number of aliphatic carboxylic acids is 1. The highest BCUT2D eigenvalue weighted by Gasteiger charge is 2.26. The molecular formula is C11H10ClN3O6. The topological polar surface area (TPSA) is 153 Å². The van der Waals surface area contributed by atoms with E-state index in [1.54, 1.807) is 0 Å². The average molecular weight is 316 g/mol. The van der Waals surface area contributed by atoms with Crippen LogP contribution in [0.3, 0.4) is 0 Å². The first-order chi connectivity index (χ1) is 9.73. The Kier molecular flexibility index (Phi) is 5.19. The Morgan fingerprint density at radius 2 is 2.05 bits per heavy atom. The quantitative estimate of drug-likeness (QED) is 0.507. The summed E-state index contributed by atoms with van der Waals surface area (Å²) in [6, 6.07) is 1.96. The van der Waals surface area contributed by atoms with Gasteiger partial charge in [-0.3, -0.25) is 19.7 Å². The van der Waals surface area contributed by atoms with Crippen molar-refractivity contribution in [3.05, 3.63) is 38.9 Å². The molecule has 112 valence electrons. The monoisotopic (exact) mass is 315 g/mol. The third-order valence-corrected chi connectivity index (χ3v) is 2.83. The molecule has 0 saturated carbocycles. The average Bonchev–Trinajstić information content (AvgIpc) is 2.36. The first kappa shape index (κ1) is 16.4. The molecule has 0 saturated heterocycles. The Bertz CT molecular complexity index is 618. The Labute approximate surface area is 122 Å². The van der Waals surface area contributed by atoms with Gasteiger partial charge in [0.1, 0.15) is 11.1 Å². The first-order valence-electron chi connectivity index (χ1n) is 5.49. The lowest BCUT2D eigenvalue weighted by molar-refractivity contribution is -0.384. The van der Waals surface area contributed by atoms with Crippen LogP contribution < -0.4 is 11.1 Å². The van der Waals surface area contributed by atoms with Crippen molar-refractivity contribution < 1.29 is 24.4 Å². The van der Waals surface area contributed by atoms with Gasteiger partial charge in [-0.2, -0.15) is 0 Å². The summed E-state index contributed by atoms with van der Waals surface area (Å²) in [6.45, 7) is 0. The lowest BCUT2D eigenvalue weighted by atomic mass is 10.1. The number of carboxylic acids is 1. The number of nitrogens with two attached hydrogens (primary N) is 1. The van der Waals surface area contributed by atoms with Crippen LogP contribution in [0.4, 0.5) is 5.69 Å². The minimum atomic E-state index is -1.55. The smallest absolute Gasteiger partial charge is 0.326 e. The molecule has 1 aromatic rings. The predicted molar refractivity (Wildman–Crippen MR) is 70.8 cm³/mol. The molecule has 0 fully saturated rings. The van der Waals surface area contributed by atoms with Crippen molar-refractivity contribution >= 4 is 35.1 Å². The zero-order chi connectivity index (χ0) is 16.2. The van der Waals surface area contributed by atoms with Gasteiger partial charge in [-0.15, -0.1) is 0 Å². The number of carbonyl (C=O) groups excluding carboxylic acids is 2. The molecule has 0 aliphatic heterocycles. The van der Waals surface area contributed by atoms with Gasteiger partial charge >= 0.3 is 5.97 Å². The summed E-state index contributed by atoms with van der Waals surface area (Å²) < 4.78 is 0. The number of hydrogen-bond acceptors (Lipinski definition) is 5. The van der Waals surface area contributed by atoms with Crippen molar-refractivity contribution in [2.24, 2.45) is 5.73 Å². The van der Waals surface area contributed by atoms with Crippen LogP contribution in [0.25, 0.3) is 0 Å². The molecule has 0 aromatic heterocycles. The van der Waals surface area contributed by atoms with E-state index in [1.165, 1.54) is 12.1 Å². The van der Waals surface area contributed by atoms with Crippen LogP contribution in [0.5, 0.6) is 0 Å². The fraction of sp³-hybridized carbons (Fsp3) is 0.182. The van der Waals surface area contributed by atoms with E-state index in [4.69, 9.17) is 22.4 Å². The van der Waals surface area contributed by atoms with Crippen LogP contribution in [0.15, 0.2) is 18.2 Å². The Morgan fingerprint density at radius 3 is 2.52 bits per heavy atom. The molecule has 0 aliphatic carbocycles. The van der Waals surface area contributed by atoms with Gasteiger partial charge < -0.3 is 16.2 Å². The van der Waals surface area contributed by atoms with Crippen molar-refractivity contribution in [1.82, 2.24) is 5.32 Å². The Morgan fingerprint density at radius 1 is 1.43 bits per heavy atom. The molecule has 4 N–H and O–H groups in total. The number of nitro groups is 1. The van der Waals surface area contributed by atoms with Gasteiger partial charge in [-0.05, 0) is 6.07 Å². The van der Waals surface area contributed by atoms with Gasteiger partial charge in [0.2, 0.25) is 5.91 Å². The first-order valence-corrected chi connectivity index (χ1v) is 5.86. The van der Waals surface area contributed by atoms with Gasteiger partial charge in [0.05, 0.1) is 16.9 Å². The summed E-state index contributed by atoms with van der Waals surface area (Å²) in [7, 11) is 0. The number of amides is 2. The maximum Gasteiger partial charge on any atom is 0.326 e. The summed E-state index contributed by atoms with van der Waals surface area (Å²) in [5.41, 5.74) is 4.10. The lowest BCUT2D eigenvalue weighted by Gasteiger charge is -2.13. The van der Waals surface area contributed by atoms with Gasteiger partial charge in [0, 0.05) is 6.07 Å². The largest absolute Gasteiger partial charge is 0.480 e. The molecule has 0 aliphatic rings. The molecule has 1 aromatic carbocycles. The summed E-state index contributed by atoms with van der Waals surface area (Å²) in [5, 5.41) is 21.2. The molecule has 0 heterocycles. The van der Waals surface area contributed by atoms with E-state index in [-0.39, 0.29) is 5.56 Å².